The molecule has 1 aromatic rings. The highest BCUT2D eigenvalue weighted by molar-refractivity contribution is 14.0. The van der Waals surface area contributed by atoms with Gasteiger partial charge in [0.05, 0.1) is 19.3 Å². The maximum Gasteiger partial charge on any atom is 0.193 e. The summed E-state index contributed by atoms with van der Waals surface area (Å²) in [5.74, 6) is 1.76. The highest BCUT2D eigenvalue weighted by Crippen LogP contribution is 2.21. The molecular weight excluding hydrogens is 417 g/mol. The van der Waals surface area contributed by atoms with E-state index in [1.807, 2.05) is 31.2 Å². The Balaban J connectivity index is 0.00000288. The fourth-order valence-corrected chi connectivity index (χ4v) is 2.86. The molecule has 1 fully saturated rings. The summed E-state index contributed by atoms with van der Waals surface area (Å²) in [4.78, 5) is 6.71. The van der Waals surface area contributed by atoms with E-state index in [0.29, 0.717) is 6.61 Å². The normalized spacial score (nSPS) is 18.6. The van der Waals surface area contributed by atoms with E-state index in [4.69, 9.17) is 4.74 Å². The number of aromatic nitrogens is 2. The summed E-state index contributed by atoms with van der Waals surface area (Å²) in [5, 5.41) is 7.73. The van der Waals surface area contributed by atoms with Crippen molar-refractivity contribution in [1.29, 1.82) is 0 Å². The average molecular weight is 449 g/mol. The first kappa shape index (κ1) is 21.2. The van der Waals surface area contributed by atoms with Gasteiger partial charge in [-0.05, 0) is 12.3 Å². The van der Waals surface area contributed by atoms with E-state index in [9.17, 15) is 0 Å². The molecule has 1 atom stereocenters. The van der Waals surface area contributed by atoms with E-state index >= 15 is 0 Å². The summed E-state index contributed by atoms with van der Waals surface area (Å²) in [5.41, 5.74) is 1.13. The molecule has 138 valence electrons. The van der Waals surface area contributed by atoms with Crippen molar-refractivity contribution < 1.29 is 4.74 Å². The summed E-state index contributed by atoms with van der Waals surface area (Å²) < 4.78 is 7.71. The number of morpholine rings is 1. The monoisotopic (exact) mass is 449 g/mol. The Morgan fingerprint density at radius 1 is 1.46 bits per heavy atom. The zero-order valence-corrected chi connectivity index (χ0v) is 17.7. The van der Waals surface area contributed by atoms with Gasteiger partial charge < -0.3 is 15.0 Å². The molecule has 7 heteroatoms. The molecule has 1 N–H and O–H groups in total. The second kappa shape index (κ2) is 10.9. The standard InChI is InChI=1S/C17H31N5O.HI/c1-14(2)7-5-6-8-19-17(18-3)22-9-10-23-16(13-22)15-11-20-21(4)12-15;/h11-12,14,16H,5-10,13H2,1-4H3,(H,18,19);1H. The smallest absolute Gasteiger partial charge is 0.193 e. The molecule has 0 aliphatic carbocycles. The maximum absolute atomic E-state index is 5.89. The largest absolute Gasteiger partial charge is 0.370 e. The van der Waals surface area contributed by atoms with Crippen molar-refractivity contribution in [3.05, 3.63) is 18.0 Å². The van der Waals surface area contributed by atoms with Crippen LogP contribution in [-0.2, 0) is 11.8 Å². The van der Waals surface area contributed by atoms with Crippen LogP contribution in [0.25, 0.3) is 0 Å². The number of hydrogen-bond donors (Lipinski definition) is 1. The summed E-state index contributed by atoms with van der Waals surface area (Å²) in [6.45, 7) is 7.94. The van der Waals surface area contributed by atoms with Crippen molar-refractivity contribution in [3.63, 3.8) is 0 Å². The first-order valence-electron chi connectivity index (χ1n) is 8.66. The predicted molar refractivity (Wildman–Crippen MR) is 109 cm³/mol. The van der Waals surface area contributed by atoms with Crippen molar-refractivity contribution in [2.45, 2.75) is 39.2 Å². The van der Waals surface area contributed by atoms with Gasteiger partial charge in [-0.1, -0.05) is 26.7 Å². The minimum Gasteiger partial charge on any atom is -0.370 e. The Kier molecular flexibility index (Phi) is 9.65. The van der Waals surface area contributed by atoms with Gasteiger partial charge >= 0.3 is 0 Å². The molecule has 1 aliphatic heterocycles. The zero-order chi connectivity index (χ0) is 16.7. The third-order valence-electron chi connectivity index (χ3n) is 4.17. The molecule has 0 amide bonds. The molecule has 1 unspecified atom stereocenters. The molecular formula is C17H32IN5O. The van der Waals surface area contributed by atoms with Crippen LogP contribution in [0.15, 0.2) is 17.4 Å². The molecule has 0 aromatic carbocycles. The van der Waals surface area contributed by atoms with Gasteiger partial charge in [-0.25, -0.2) is 0 Å². The highest BCUT2D eigenvalue weighted by atomic mass is 127. The number of hydrogen-bond acceptors (Lipinski definition) is 3. The van der Waals surface area contributed by atoms with Crippen LogP contribution >= 0.6 is 24.0 Å². The number of guanidine groups is 1. The lowest BCUT2D eigenvalue weighted by Crippen LogP contribution is -2.48. The summed E-state index contributed by atoms with van der Waals surface area (Å²) in [6, 6.07) is 0. The number of halogens is 1. The Hall–Kier alpha value is -0.830. The van der Waals surface area contributed by atoms with E-state index in [1.165, 1.54) is 19.3 Å². The molecule has 0 saturated carbocycles. The van der Waals surface area contributed by atoms with E-state index in [2.05, 4.69) is 34.2 Å². The first-order chi connectivity index (χ1) is 11.1. The van der Waals surface area contributed by atoms with Gasteiger partial charge in [-0.2, -0.15) is 5.10 Å². The predicted octanol–water partition coefficient (Wildman–Crippen LogP) is 2.81. The van der Waals surface area contributed by atoms with Crippen LogP contribution in [-0.4, -0.2) is 53.9 Å². The molecule has 2 heterocycles. The number of unbranched alkanes of at least 4 members (excludes halogenated alkanes) is 1. The lowest BCUT2D eigenvalue weighted by Gasteiger charge is -2.34. The summed E-state index contributed by atoms with van der Waals surface area (Å²) >= 11 is 0. The minimum atomic E-state index is 0. The van der Waals surface area contributed by atoms with E-state index in [-0.39, 0.29) is 30.1 Å². The zero-order valence-electron chi connectivity index (χ0n) is 15.4. The number of rotatable bonds is 6. The number of nitrogens with zero attached hydrogens (tertiary/aromatic N) is 4. The minimum absolute atomic E-state index is 0. The topological polar surface area (TPSA) is 54.7 Å². The molecule has 6 nitrogen and oxygen atoms in total. The average Bonchev–Trinajstić information content (AvgIpc) is 2.97. The third-order valence-corrected chi connectivity index (χ3v) is 4.17. The maximum atomic E-state index is 5.89. The van der Waals surface area contributed by atoms with Gasteiger partial charge in [-0.15, -0.1) is 24.0 Å². The number of aliphatic imine (C=N–C) groups is 1. The van der Waals surface area contributed by atoms with Crippen LogP contribution in [0.1, 0.15) is 44.8 Å². The fourth-order valence-electron chi connectivity index (χ4n) is 2.86. The van der Waals surface area contributed by atoms with Crippen molar-refractivity contribution in [1.82, 2.24) is 20.0 Å². The van der Waals surface area contributed by atoms with Gasteiger partial charge in [0.1, 0.15) is 6.10 Å². The van der Waals surface area contributed by atoms with Gasteiger partial charge in [0, 0.05) is 38.9 Å². The lowest BCUT2D eigenvalue weighted by atomic mass is 10.1. The summed E-state index contributed by atoms with van der Waals surface area (Å²) in [7, 11) is 3.78. The van der Waals surface area contributed by atoms with Crippen LogP contribution in [0.2, 0.25) is 0 Å². The van der Waals surface area contributed by atoms with E-state index < -0.39 is 0 Å². The van der Waals surface area contributed by atoms with Crippen LogP contribution < -0.4 is 5.32 Å². The summed E-state index contributed by atoms with van der Waals surface area (Å²) in [6.07, 6.45) is 7.72. The first-order valence-corrected chi connectivity index (χ1v) is 8.66. The number of nitrogens with one attached hydrogen (secondary N) is 1. The van der Waals surface area contributed by atoms with Gasteiger partial charge in [0.2, 0.25) is 0 Å². The highest BCUT2D eigenvalue weighted by Gasteiger charge is 2.24. The second-order valence-corrected chi connectivity index (χ2v) is 6.62. The van der Waals surface area contributed by atoms with Crippen LogP contribution in [0.4, 0.5) is 0 Å². The Bertz CT molecular complexity index is 503. The Morgan fingerprint density at radius 3 is 2.88 bits per heavy atom. The lowest BCUT2D eigenvalue weighted by molar-refractivity contribution is -0.00802. The van der Waals surface area contributed by atoms with Gasteiger partial charge in [0.25, 0.3) is 0 Å². The molecule has 0 radical (unpaired) electrons. The quantitative estimate of drug-likeness (QED) is 0.314. The van der Waals surface area contributed by atoms with E-state index in [0.717, 1.165) is 37.1 Å². The van der Waals surface area contributed by atoms with Crippen LogP contribution in [0, 0.1) is 5.92 Å². The molecule has 1 aliphatic rings. The van der Waals surface area contributed by atoms with Crippen molar-refractivity contribution >= 4 is 29.9 Å². The van der Waals surface area contributed by atoms with E-state index in [1.54, 1.807) is 0 Å². The Morgan fingerprint density at radius 2 is 2.25 bits per heavy atom. The van der Waals surface area contributed by atoms with Crippen LogP contribution in [0.5, 0.6) is 0 Å². The van der Waals surface area contributed by atoms with Crippen molar-refractivity contribution in [2.24, 2.45) is 18.0 Å². The molecule has 0 spiro atoms. The molecule has 24 heavy (non-hydrogen) atoms. The molecule has 0 bridgehead atoms. The number of ether oxygens (including phenoxy) is 1. The van der Waals surface area contributed by atoms with Crippen molar-refractivity contribution in [2.75, 3.05) is 33.3 Å². The fraction of sp³-hybridized carbons (Fsp3) is 0.765. The molecule has 1 aromatic heterocycles. The van der Waals surface area contributed by atoms with Crippen LogP contribution in [0.3, 0.4) is 0 Å². The third kappa shape index (κ3) is 6.58. The Labute approximate surface area is 163 Å². The molecule has 2 rings (SSSR count). The van der Waals surface area contributed by atoms with Crippen molar-refractivity contribution in [3.8, 4) is 0 Å². The second-order valence-electron chi connectivity index (χ2n) is 6.62. The number of aryl methyl sites for hydroxylation is 1. The molecule has 1 saturated heterocycles. The van der Waals surface area contributed by atoms with Gasteiger partial charge in [0.15, 0.2) is 5.96 Å². The van der Waals surface area contributed by atoms with Gasteiger partial charge in [-0.3, -0.25) is 9.67 Å². The SMILES string of the molecule is CN=C(NCCCCC(C)C)N1CCOC(c2cnn(C)c2)C1.I.